The summed E-state index contributed by atoms with van der Waals surface area (Å²) in [7, 11) is 1.32. The number of hydrogen-bond donors (Lipinski definition) is 3. The molecule has 1 rings (SSSR count). The van der Waals surface area contributed by atoms with Crippen LogP contribution >= 0.6 is 0 Å². The SMILES string of the molecule is COC(=O)c1cccnc1CNCCNC(N)=O. The highest BCUT2D eigenvalue weighted by atomic mass is 16.5. The van der Waals surface area contributed by atoms with Crippen LogP contribution in [0.25, 0.3) is 0 Å². The maximum Gasteiger partial charge on any atom is 0.339 e. The molecule has 18 heavy (non-hydrogen) atoms. The van der Waals surface area contributed by atoms with Crippen molar-refractivity contribution in [3.8, 4) is 0 Å². The van der Waals surface area contributed by atoms with Gasteiger partial charge in [0.05, 0.1) is 18.4 Å². The molecule has 1 heterocycles. The van der Waals surface area contributed by atoms with Crippen LogP contribution in [0.2, 0.25) is 0 Å². The average Bonchev–Trinajstić information content (AvgIpc) is 2.37. The molecule has 0 spiro atoms. The van der Waals surface area contributed by atoms with Crippen LogP contribution in [0.15, 0.2) is 18.3 Å². The zero-order valence-electron chi connectivity index (χ0n) is 10.1. The van der Waals surface area contributed by atoms with E-state index in [0.29, 0.717) is 30.9 Å². The molecule has 98 valence electrons. The van der Waals surface area contributed by atoms with Gasteiger partial charge in [-0.2, -0.15) is 0 Å². The maximum absolute atomic E-state index is 11.4. The highest BCUT2D eigenvalue weighted by molar-refractivity contribution is 5.90. The Labute approximate surface area is 105 Å². The highest BCUT2D eigenvalue weighted by Crippen LogP contribution is 2.06. The van der Waals surface area contributed by atoms with E-state index in [1.54, 1.807) is 18.3 Å². The van der Waals surface area contributed by atoms with Crippen LogP contribution in [-0.2, 0) is 11.3 Å². The Bertz CT molecular complexity index is 423. The standard InChI is InChI=1S/C11H16N4O3/c1-18-10(16)8-3-2-4-14-9(8)7-13-5-6-15-11(12)17/h2-4,13H,5-7H2,1H3,(H3,12,15,17). The van der Waals surface area contributed by atoms with Crippen LogP contribution in [0.5, 0.6) is 0 Å². The van der Waals surface area contributed by atoms with Crippen LogP contribution in [0.1, 0.15) is 16.1 Å². The fourth-order valence-corrected chi connectivity index (χ4v) is 1.36. The lowest BCUT2D eigenvalue weighted by Gasteiger charge is -2.08. The molecule has 0 unspecified atom stereocenters. The maximum atomic E-state index is 11.4. The predicted octanol–water partition coefficient (Wildman–Crippen LogP) is -0.374. The number of rotatable bonds is 6. The van der Waals surface area contributed by atoms with Gasteiger partial charge in [-0.05, 0) is 12.1 Å². The number of ether oxygens (including phenoxy) is 1. The van der Waals surface area contributed by atoms with Gasteiger partial charge in [0.2, 0.25) is 0 Å². The lowest BCUT2D eigenvalue weighted by atomic mass is 10.2. The number of methoxy groups -OCH3 is 1. The summed E-state index contributed by atoms with van der Waals surface area (Å²) < 4.78 is 4.66. The average molecular weight is 252 g/mol. The van der Waals surface area contributed by atoms with Gasteiger partial charge in [0, 0.05) is 25.8 Å². The lowest BCUT2D eigenvalue weighted by molar-refractivity contribution is 0.0598. The number of amides is 2. The predicted molar refractivity (Wildman–Crippen MR) is 64.9 cm³/mol. The largest absolute Gasteiger partial charge is 0.465 e. The molecule has 0 aliphatic carbocycles. The zero-order valence-corrected chi connectivity index (χ0v) is 10.1. The van der Waals surface area contributed by atoms with E-state index in [4.69, 9.17) is 5.73 Å². The number of carbonyl (C=O) groups excluding carboxylic acids is 2. The van der Waals surface area contributed by atoms with E-state index in [1.807, 2.05) is 0 Å². The third kappa shape index (κ3) is 4.38. The summed E-state index contributed by atoms with van der Waals surface area (Å²) in [5, 5.41) is 5.48. The second-order valence-electron chi connectivity index (χ2n) is 3.46. The van der Waals surface area contributed by atoms with Gasteiger partial charge in [-0.25, -0.2) is 9.59 Å². The molecule has 0 aromatic carbocycles. The van der Waals surface area contributed by atoms with Crippen LogP contribution in [0, 0.1) is 0 Å². The summed E-state index contributed by atoms with van der Waals surface area (Å²) in [6.45, 7) is 1.35. The van der Waals surface area contributed by atoms with Crippen LogP contribution in [0.4, 0.5) is 4.79 Å². The molecule has 1 aromatic rings. The molecule has 4 N–H and O–H groups in total. The number of nitrogens with one attached hydrogen (secondary N) is 2. The van der Waals surface area contributed by atoms with E-state index in [0.717, 1.165) is 0 Å². The fraction of sp³-hybridized carbons (Fsp3) is 0.364. The molecule has 0 saturated heterocycles. The molecule has 7 nitrogen and oxygen atoms in total. The molecule has 0 aliphatic heterocycles. The molecular formula is C11H16N4O3. The summed E-state index contributed by atoms with van der Waals surface area (Å²) >= 11 is 0. The number of nitrogens with zero attached hydrogens (tertiary/aromatic N) is 1. The van der Waals surface area contributed by atoms with Gasteiger partial charge in [0.25, 0.3) is 0 Å². The highest BCUT2D eigenvalue weighted by Gasteiger charge is 2.11. The van der Waals surface area contributed by atoms with Crippen molar-refractivity contribution in [2.24, 2.45) is 5.73 Å². The van der Waals surface area contributed by atoms with Crippen molar-refractivity contribution in [1.82, 2.24) is 15.6 Å². The molecule has 2 amide bonds. The summed E-state index contributed by atoms with van der Waals surface area (Å²) in [5.41, 5.74) is 5.94. The van der Waals surface area contributed by atoms with Gasteiger partial charge in [-0.15, -0.1) is 0 Å². The summed E-state index contributed by atoms with van der Waals surface area (Å²) in [6, 6.07) is 2.76. The number of hydrogen-bond acceptors (Lipinski definition) is 5. The minimum absolute atomic E-state index is 0.408. The minimum atomic E-state index is -0.565. The Morgan fingerprint density at radius 3 is 2.89 bits per heavy atom. The lowest BCUT2D eigenvalue weighted by Crippen LogP contribution is -2.35. The number of nitrogens with two attached hydrogens (primary N) is 1. The molecule has 1 aromatic heterocycles. The Morgan fingerprint density at radius 1 is 1.44 bits per heavy atom. The first-order valence-corrected chi connectivity index (χ1v) is 5.41. The van der Waals surface area contributed by atoms with Crippen molar-refractivity contribution < 1.29 is 14.3 Å². The number of carbonyl (C=O) groups is 2. The van der Waals surface area contributed by atoms with Gasteiger partial charge in [-0.3, -0.25) is 4.98 Å². The Kier molecular flexibility index (Phi) is 5.59. The molecule has 0 bridgehead atoms. The Morgan fingerprint density at radius 2 is 2.22 bits per heavy atom. The van der Waals surface area contributed by atoms with Crippen molar-refractivity contribution in [3.63, 3.8) is 0 Å². The molecular weight excluding hydrogens is 236 g/mol. The first-order valence-electron chi connectivity index (χ1n) is 5.41. The van der Waals surface area contributed by atoms with E-state index in [2.05, 4.69) is 20.4 Å². The van der Waals surface area contributed by atoms with Crippen LogP contribution in [-0.4, -0.2) is 37.2 Å². The molecule has 0 saturated carbocycles. The van der Waals surface area contributed by atoms with Crippen LogP contribution in [0.3, 0.4) is 0 Å². The van der Waals surface area contributed by atoms with E-state index in [1.165, 1.54) is 7.11 Å². The fourth-order valence-electron chi connectivity index (χ4n) is 1.36. The van der Waals surface area contributed by atoms with E-state index in [-0.39, 0.29) is 0 Å². The molecule has 0 fully saturated rings. The number of primary amides is 1. The molecule has 0 aliphatic rings. The smallest absolute Gasteiger partial charge is 0.339 e. The summed E-state index contributed by atoms with van der Waals surface area (Å²) in [4.78, 5) is 26.0. The number of pyridine rings is 1. The van der Waals surface area contributed by atoms with Gasteiger partial charge < -0.3 is 21.1 Å². The van der Waals surface area contributed by atoms with Crippen molar-refractivity contribution in [2.45, 2.75) is 6.54 Å². The van der Waals surface area contributed by atoms with Crippen molar-refractivity contribution in [2.75, 3.05) is 20.2 Å². The first kappa shape index (κ1) is 13.9. The first-order chi connectivity index (χ1) is 8.65. The zero-order chi connectivity index (χ0) is 13.4. The monoisotopic (exact) mass is 252 g/mol. The molecule has 0 atom stereocenters. The second kappa shape index (κ2) is 7.23. The van der Waals surface area contributed by atoms with Gasteiger partial charge in [0.1, 0.15) is 0 Å². The van der Waals surface area contributed by atoms with E-state index >= 15 is 0 Å². The number of esters is 1. The normalized spacial score (nSPS) is 9.83. The quantitative estimate of drug-likeness (QED) is 0.473. The third-order valence-corrected chi connectivity index (χ3v) is 2.19. The van der Waals surface area contributed by atoms with Crippen molar-refractivity contribution in [3.05, 3.63) is 29.6 Å². The Hall–Kier alpha value is -2.15. The Balaban J connectivity index is 2.46. The van der Waals surface area contributed by atoms with Crippen molar-refractivity contribution in [1.29, 1.82) is 0 Å². The second-order valence-corrected chi connectivity index (χ2v) is 3.46. The van der Waals surface area contributed by atoms with Gasteiger partial charge in [0.15, 0.2) is 0 Å². The molecule has 0 radical (unpaired) electrons. The summed E-state index contributed by atoms with van der Waals surface area (Å²) in [6.07, 6.45) is 1.60. The van der Waals surface area contributed by atoms with Gasteiger partial charge >= 0.3 is 12.0 Å². The van der Waals surface area contributed by atoms with Crippen molar-refractivity contribution >= 4 is 12.0 Å². The summed E-state index contributed by atoms with van der Waals surface area (Å²) in [5.74, 6) is -0.421. The van der Waals surface area contributed by atoms with Crippen LogP contribution < -0.4 is 16.4 Å². The third-order valence-electron chi connectivity index (χ3n) is 2.19. The van der Waals surface area contributed by atoms with Gasteiger partial charge in [-0.1, -0.05) is 0 Å². The van der Waals surface area contributed by atoms with E-state index < -0.39 is 12.0 Å². The molecule has 7 heteroatoms. The topological polar surface area (TPSA) is 106 Å². The number of urea groups is 1. The number of aromatic nitrogens is 1. The minimum Gasteiger partial charge on any atom is -0.465 e. The van der Waals surface area contributed by atoms with E-state index in [9.17, 15) is 9.59 Å².